The summed E-state index contributed by atoms with van der Waals surface area (Å²) in [7, 11) is 0. The van der Waals surface area contributed by atoms with Crippen LogP contribution in [-0.2, 0) is 0 Å². The monoisotopic (exact) mass is 402 g/mol. The van der Waals surface area contributed by atoms with Gasteiger partial charge in [0.1, 0.15) is 0 Å². The third-order valence-electron chi connectivity index (χ3n) is 10.3. The van der Waals surface area contributed by atoms with E-state index in [0.29, 0.717) is 10.8 Å². The summed E-state index contributed by atoms with van der Waals surface area (Å²) in [4.78, 5) is 0. The molecule has 1 heteroatoms. The van der Waals surface area contributed by atoms with Crippen molar-refractivity contribution in [1.29, 1.82) is 0 Å². The molecule has 0 radical (unpaired) electrons. The second-order valence-electron chi connectivity index (χ2n) is 12.2. The summed E-state index contributed by atoms with van der Waals surface area (Å²) in [6, 6.07) is 0. The molecule has 168 valence electrons. The number of aliphatic hydroxyl groups excluding tert-OH is 1. The average Bonchev–Trinajstić information content (AvgIpc) is 2.99. The molecule has 0 aliphatic heterocycles. The molecule has 1 nitrogen and oxygen atoms in total. The van der Waals surface area contributed by atoms with Crippen molar-refractivity contribution in [3.63, 3.8) is 0 Å². The van der Waals surface area contributed by atoms with E-state index in [4.69, 9.17) is 0 Å². The molecule has 0 amide bonds. The Morgan fingerprint density at radius 2 is 1.76 bits per heavy atom. The molecule has 0 aromatic heterocycles. The lowest BCUT2D eigenvalue weighted by Crippen LogP contribution is -2.50. The van der Waals surface area contributed by atoms with E-state index in [9.17, 15) is 5.11 Å². The van der Waals surface area contributed by atoms with Gasteiger partial charge in [0.05, 0.1) is 6.10 Å². The summed E-state index contributed by atoms with van der Waals surface area (Å²) in [6.07, 6.45) is 17.2. The second kappa shape index (κ2) is 8.68. The molecule has 0 aromatic carbocycles. The van der Waals surface area contributed by atoms with Crippen molar-refractivity contribution in [2.75, 3.05) is 0 Å². The van der Waals surface area contributed by atoms with Crippen LogP contribution in [-0.4, -0.2) is 11.2 Å². The van der Waals surface area contributed by atoms with Crippen LogP contribution in [0.25, 0.3) is 0 Å². The Morgan fingerprint density at radius 1 is 1.00 bits per heavy atom. The number of fused-ring (bicyclic) bond motifs is 5. The smallest absolute Gasteiger partial charge is 0.0577 e. The lowest BCUT2D eigenvalue weighted by Gasteiger charge is -2.58. The van der Waals surface area contributed by atoms with E-state index in [1.165, 1.54) is 57.8 Å². The first kappa shape index (κ1) is 23.4. The van der Waals surface area contributed by atoms with Crippen LogP contribution in [0, 0.1) is 46.3 Å². The number of hydrogen-bond donors (Lipinski definition) is 1. The fourth-order valence-electron chi connectivity index (χ4n) is 8.67. The normalized spacial score (nSPS) is 44.9. The average molecular weight is 403 g/mol. The summed E-state index contributed by atoms with van der Waals surface area (Å²) >= 11 is 0. The third kappa shape index (κ3) is 3.99. The SMILES string of the molecule is C.CC(C)CCCC(C)[C@H]1CC[C@H]2[C@@H]3CC=C4C[C@@H](O)CC[C@]4(C)[C@H]3CC[C@]12C. The van der Waals surface area contributed by atoms with Crippen molar-refractivity contribution in [3.8, 4) is 0 Å². The number of aliphatic hydroxyl groups is 1. The van der Waals surface area contributed by atoms with Crippen molar-refractivity contribution in [1.82, 2.24) is 0 Å². The molecule has 0 saturated heterocycles. The van der Waals surface area contributed by atoms with Gasteiger partial charge in [-0.2, -0.15) is 0 Å². The molecule has 4 aliphatic rings. The number of hydrogen-bond acceptors (Lipinski definition) is 1. The molecule has 8 atom stereocenters. The number of allylic oxidation sites excluding steroid dienone is 1. The maximum Gasteiger partial charge on any atom is 0.0577 e. The topological polar surface area (TPSA) is 20.2 Å². The van der Waals surface area contributed by atoms with Gasteiger partial charge in [-0.25, -0.2) is 0 Å². The zero-order valence-corrected chi connectivity index (χ0v) is 19.3. The van der Waals surface area contributed by atoms with E-state index in [0.717, 1.165) is 48.3 Å². The van der Waals surface area contributed by atoms with Crippen LogP contribution < -0.4 is 0 Å². The van der Waals surface area contributed by atoms with Gasteiger partial charge in [0.25, 0.3) is 0 Å². The Kier molecular flexibility index (Phi) is 6.99. The van der Waals surface area contributed by atoms with Crippen LogP contribution in [0.1, 0.15) is 113 Å². The highest BCUT2D eigenvalue weighted by Gasteiger charge is 2.59. The highest BCUT2D eigenvalue weighted by molar-refractivity contribution is 5.25. The maximum atomic E-state index is 10.2. The first-order chi connectivity index (χ1) is 13.3. The van der Waals surface area contributed by atoms with E-state index in [2.05, 4.69) is 40.7 Å². The Hall–Kier alpha value is -0.300. The van der Waals surface area contributed by atoms with E-state index < -0.39 is 0 Å². The summed E-state index contributed by atoms with van der Waals surface area (Å²) in [5.41, 5.74) is 2.60. The van der Waals surface area contributed by atoms with Crippen molar-refractivity contribution < 1.29 is 5.11 Å². The highest BCUT2D eigenvalue weighted by atomic mass is 16.3. The minimum atomic E-state index is -0.0766. The highest BCUT2D eigenvalue weighted by Crippen LogP contribution is 2.67. The van der Waals surface area contributed by atoms with Gasteiger partial charge in [0.2, 0.25) is 0 Å². The molecule has 0 aromatic rings. The zero-order valence-electron chi connectivity index (χ0n) is 19.3. The molecule has 1 unspecified atom stereocenters. The minimum absolute atomic E-state index is 0. The molecular weight excluding hydrogens is 352 g/mol. The summed E-state index contributed by atoms with van der Waals surface area (Å²) in [5.74, 6) is 5.46. The van der Waals surface area contributed by atoms with E-state index in [1.807, 2.05) is 0 Å². The van der Waals surface area contributed by atoms with Gasteiger partial charge < -0.3 is 5.11 Å². The molecule has 4 rings (SSSR count). The Balaban J connectivity index is 0.00000240. The van der Waals surface area contributed by atoms with Crippen molar-refractivity contribution >= 4 is 0 Å². The van der Waals surface area contributed by atoms with Crippen molar-refractivity contribution in [3.05, 3.63) is 11.6 Å². The molecule has 1 N–H and O–H groups in total. The van der Waals surface area contributed by atoms with Gasteiger partial charge in [-0.1, -0.05) is 73.0 Å². The first-order valence-electron chi connectivity index (χ1n) is 12.6. The fraction of sp³-hybridized carbons (Fsp3) is 0.929. The lowest BCUT2D eigenvalue weighted by atomic mass is 9.47. The third-order valence-corrected chi connectivity index (χ3v) is 10.3. The van der Waals surface area contributed by atoms with Gasteiger partial charge in [-0.05, 0) is 97.7 Å². The predicted molar refractivity (Wildman–Crippen MR) is 126 cm³/mol. The Morgan fingerprint density at radius 3 is 2.48 bits per heavy atom. The van der Waals surface area contributed by atoms with E-state index in [1.54, 1.807) is 5.57 Å². The largest absolute Gasteiger partial charge is 0.393 e. The van der Waals surface area contributed by atoms with Gasteiger partial charge in [0.15, 0.2) is 0 Å². The molecule has 4 aliphatic carbocycles. The van der Waals surface area contributed by atoms with E-state index in [-0.39, 0.29) is 13.5 Å². The minimum Gasteiger partial charge on any atom is -0.393 e. The van der Waals surface area contributed by atoms with Crippen LogP contribution in [0.2, 0.25) is 0 Å². The summed E-state index contributed by atoms with van der Waals surface area (Å²) in [6.45, 7) is 12.6. The molecular formula is C28H50O. The second-order valence-corrected chi connectivity index (χ2v) is 12.2. The predicted octanol–water partition coefficient (Wildman–Crippen LogP) is 8.02. The lowest BCUT2D eigenvalue weighted by molar-refractivity contribution is -0.0573. The molecule has 0 spiro atoms. The molecule has 3 saturated carbocycles. The van der Waals surface area contributed by atoms with Crippen LogP contribution in [0.5, 0.6) is 0 Å². The van der Waals surface area contributed by atoms with E-state index >= 15 is 0 Å². The van der Waals surface area contributed by atoms with Gasteiger partial charge in [0, 0.05) is 0 Å². The van der Waals surface area contributed by atoms with Crippen LogP contribution in [0.3, 0.4) is 0 Å². The Labute approximate surface area is 182 Å². The van der Waals surface area contributed by atoms with Gasteiger partial charge in [-0.3, -0.25) is 0 Å². The van der Waals surface area contributed by atoms with Crippen LogP contribution in [0.4, 0.5) is 0 Å². The van der Waals surface area contributed by atoms with Gasteiger partial charge in [-0.15, -0.1) is 0 Å². The standard InChI is InChI=1S/C27H46O.CH4/c1-18(2)7-6-8-19(3)23-11-12-24-22-10-9-20-17-21(28)13-15-26(20,4)25(22)14-16-27(23,24)5;/h9,18-19,21-25,28H,6-8,10-17H2,1-5H3;1H4/t19?,21-,22-,23+,24-,25-,26-,27+;/m0./s1. The first-order valence-corrected chi connectivity index (χ1v) is 12.6. The molecule has 0 bridgehead atoms. The molecule has 3 fully saturated rings. The Bertz CT molecular complexity index is 591. The summed E-state index contributed by atoms with van der Waals surface area (Å²) < 4.78 is 0. The molecule has 29 heavy (non-hydrogen) atoms. The number of rotatable bonds is 5. The van der Waals surface area contributed by atoms with Crippen LogP contribution >= 0.6 is 0 Å². The van der Waals surface area contributed by atoms with Crippen LogP contribution in [0.15, 0.2) is 11.6 Å². The summed E-state index contributed by atoms with van der Waals surface area (Å²) in [5, 5.41) is 10.2. The van der Waals surface area contributed by atoms with Gasteiger partial charge >= 0.3 is 0 Å². The van der Waals surface area contributed by atoms with Crippen molar-refractivity contribution in [2.45, 2.75) is 119 Å². The fourth-order valence-corrected chi connectivity index (χ4v) is 8.67. The maximum absolute atomic E-state index is 10.2. The quantitative estimate of drug-likeness (QED) is 0.461. The molecule has 0 heterocycles. The van der Waals surface area contributed by atoms with Crippen molar-refractivity contribution in [2.24, 2.45) is 46.3 Å². The zero-order chi connectivity index (χ0) is 20.1.